The van der Waals surface area contributed by atoms with Crippen LogP contribution in [-0.4, -0.2) is 57.3 Å². The fourth-order valence-electron chi connectivity index (χ4n) is 5.99. The average Bonchev–Trinajstić information content (AvgIpc) is 2.89. The summed E-state index contributed by atoms with van der Waals surface area (Å²) in [5, 5.41) is 3.29. The molecule has 3 rings (SSSR count). The van der Waals surface area contributed by atoms with Gasteiger partial charge in [-0.1, -0.05) is 38.2 Å². The van der Waals surface area contributed by atoms with Crippen LogP contribution in [0.25, 0.3) is 0 Å². The molecule has 0 unspecified atom stereocenters. The van der Waals surface area contributed by atoms with Crippen molar-refractivity contribution >= 4 is 5.91 Å². The second-order valence-corrected chi connectivity index (χ2v) is 10.6. The maximum atomic E-state index is 14.1. The Morgan fingerprint density at radius 2 is 1.92 bits per heavy atom. The van der Waals surface area contributed by atoms with Crippen LogP contribution in [0.1, 0.15) is 82.8 Å². The van der Waals surface area contributed by atoms with Crippen LogP contribution in [0.5, 0.6) is 0 Å². The fraction of sp³-hybridized carbons (Fsp3) is 0.759. The number of nitrogens with one attached hydrogen (secondary N) is 1. The van der Waals surface area contributed by atoms with Gasteiger partial charge in [0.05, 0.1) is 6.10 Å². The molecule has 1 aliphatic carbocycles. The van der Waals surface area contributed by atoms with E-state index in [1.165, 1.54) is 44.2 Å². The number of nitrogens with zero attached hydrogens (tertiary/aromatic N) is 1. The minimum atomic E-state index is -0.864. The van der Waals surface area contributed by atoms with E-state index in [0.29, 0.717) is 44.3 Å². The van der Waals surface area contributed by atoms with E-state index in [1.807, 2.05) is 18.9 Å². The number of amides is 1. The topological polar surface area (TPSA) is 50.8 Å². The van der Waals surface area contributed by atoms with Gasteiger partial charge in [0, 0.05) is 45.2 Å². The Morgan fingerprint density at radius 1 is 1.11 bits per heavy atom. The summed E-state index contributed by atoms with van der Waals surface area (Å²) in [6, 6.07) is 4.02. The number of carbonyl (C=O) groups excluding carboxylic acids is 1. The highest BCUT2D eigenvalue weighted by Crippen LogP contribution is 2.35. The first-order chi connectivity index (χ1) is 17.5. The Morgan fingerprint density at radius 3 is 2.64 bits per heavy atom. The smallest absolute Gasteiger partial charge is 0.222 e. The minimum absolute atomic E-state index is 0.0424. The summed E-state index contributed by atoms with van der Waals surface area (Å²) in [5.74, 6) is -0.388. The number of ether oxygens (including phenoxy) is 2. The Kier molecular flexibility index (Phi) is 12.6. The number of hydrogen-bond donors (Lipinski definition) is 1. The van der Waals surface area contributed by atoms with Gasteiger partial charge in [0.1, 0.15) is 0 Å². The van der Waals surface area contributed by atoms with E-state index >= 15 is 0 Å². The van der Waals surface area contributed by atoms with E-state index in [1.54, 1.807) is 6.07 Å². The monoisotopic (exact) mass is 508 g/mol. The van der Waals surface area contributed by atoms with Gasteiger partial charge in [0.15, 0.2) is 11.6 Å². The van der Waals surface area contributed by atoms with Crippen LogP contribution < -0.4 is 5.32 Å². The number of benzene rings is 1. The van der Waals surface area contributed by atoms with E-state index in [-0.39, 0.29) is 17.9 Å². The Hall–Kier alpha value is -1.57. The third kappa shape index (κ3) is 9.07. The molecule has 1 saturated carbocycles. The van der Waals surface area contributed by atoms with E-state index < -0.39 is 11.6 Å². The SMILES string of the molecule is CCOCCCO[C@@H](c1ccc(F)c(F)c1)[C@@H]1CCCN(C(=O)C[C@H](CNC)CC2CCCCC2)C1. The average molecular weight is 509 g/mol. The van der Waals surface area contributed by atoms with Gasteiger partial charge in [-0.3, -0.25) is 4.79 Å². The van der Waals surface area contributed by atoms with Crippen LogP contribution in [0.4, 0.5) is 8.78 Å². The van der Waals surface area contributed by atoms with Gasteiger partial charge < -0.3 is 19.7 Å². The molecule has 0 bridgehead atoms. The Labute approximate surface area is 216 Å². The molecule has 1 heterocycles. The summed E-state index contributed by atoms with van der Waals surface area (Å²) in [5.41, 5.74) is 0.634. The predicted molar refractivity (Wildman–Crippen MR) is 139 cm³/mol. The predicted octanol–water partition coefficient (Wildman–Crippen LogP) is 5.88. The molecule has 0 spiro atoms. The van der Waals surface area contributed by atoms with E-state index in [2.05, 4.69) is 5.32 Å². The third-order valence-electron chi connectivity index (χ3n) is 7.79. The van der Waals surface area contributed by atoms with Gasteiger partial charge in [-0.05, 0) is 75.7 Å². The van der Waals surface area contributed by atoms with Gasteiger partial charge in [-0.15, -0.1) is 0 Å². The number of halogens is 2. The molecular formula is C29H46F2N2O3. The highest BCUT2D eigenvalue weighted by Gasteiger charge is 2.32. The normalized spacial score (nSPS) is 20.9. The molecule has 2 aliphatic rings. The van der Waals surface area contributed by atoms with E-state index in [4.69, 9.17) is 9.47 Å². The number of piperidine rings is 1. The molecule has 2 fully saturated rings. The van der Waals surface area contributed by atoms with Crippen molar-refractivity contribution in [1.29, 1.82) is 0 Å². The van der Waals surface area contributed by atoms with Gasteiger partial charge in [0.25, 0.3) is 0 Å². The molecule has 1 amide bonds. The Bertz CT molecular complexity index is 788. The first kappa shape index (κ1) is 29.0. The van der Waals surface area contributed by atoms with Crippen LogP contribution in [-0.2, 0) is 14.3 Å². The van der Waals surface area contributed by atoms with Crippen LogP contribution in [0.2, 0.25) is 0 Å². The summed E-state index contributed by atoms with van der Waals surface area (Å²) in [6.45, 7) is 5.88. The van der Waals surface area contributed by atoms with Gasteiger partial charge in [-0.2, -0.15) is 0 Å². The highest BCUT2D eigenvalue weighted by molar-refractivity contribution is 5.76. The van der Waals surface area contributed by atoms with Crippen molar-refractivity contribution in [1.82, 2.24) is 10.2 Å². The molecule has 0 aromatic heterocycles. The number of carbonyl (C=O) groups is 1. The van der Waals surface area contributed by atoms with Crippen molar-refractivity contribution in [2.75, 3.05) is 46.5 Å². The lowest BCUT2D eigenvalue weighted by Gasteiger charge is -2.38. The zero-order valence-corrected chi connectivity index (χ0v) is 22.3. The molecule has 7 heteroatoms. The third-order valence-corrected chi connectivity index (χ3v) is 7.79. The fourth-order valence-corrected chi connectivity index (χ4v) is 5.99. The molecule has 1 aromatic carbocycles. The molecule has 1 saturated heterocycles. The van der Waals surface area contributed by atoms with Crippen molar-refractivity contribution in [2.24, 2.45) is 17.8 Å². The Balaban J connectivity index is 1.63. The second-order valence-electron chi connectivity index (χ2n) is 10.6. The van der Waals surface area contributed by atoms with Crippen molar-refractivity contribution < 1.29 is 23.0 Å². The molecule has 3 atom stereocenters. The summed E-state index contributed by atoms with van der Waals surface area (Å²) in [4.78, 5) is 15.4. The van der Waals surface area contributed by atoms with Crippen molar-refractivity contribution in [2.45, 2.75) is 77.2 Å². The van der Waals surface area contributed by atoms with E-state index in [0.717, 1.165) is 44.7 Å². The maximum Gasteiger partial charge on any atom is 0.222 e. The lowest BCUT2D eigenvalue weighted by Crippen LogP contribution is -2.43. The number of hydrogen-bond acceptors (Lipinski definition) is 4. The van der Waals surface area contributed by atoms with Crippen molar-refractivity contribution in [3.63, 3.8) is 0 Å². The molecule has 0 radical (unpaired) electrons. The summed E-state index contributed by atoms with van der Waals surface area (Å²) in [7, 11) is 1.96. The van der Waals surface area contributed by atoms with Gasteiger partial charge in [0.2, 0.25) is 5.91 Å². The molecule has 5 nitrogen and oxygen atoms in total. The van der Waals surface area contributed by atoms with Crippen molar-refractivity contribution in [3.8, 4) is 0 Å². The molecule has 1 N–H and O–H groups in total. The second kappa shape index (κ2) is 15.6. The van der Waals surface area contributed by atoms with Crippen LogP contribution in [0.3, 0.4) is 0 Å². The van der Waals surface area contributed by atoms with Gasteiger partial charge in [-0.25, -0.2) is 8.78 Å². The molecule has 1 aromatic rings. The summed E-state index contributed by atoms with van der Waals surface area (Å²) < 4.78 is 39.4. The summed E-state index contributed by atoms with van der Waals surface area (Å²) >= 11 is 0. The van der Waals surface area contributed by atoms with E-state index in [9.17, 15) is 13.6 Å². The number of likely N-dealkylation sites (tertiary alicyclic amines) is 1. The standard InChI is InChI=1S/C29H46F2N2O3/c1-3-35-15-8-16-36-29(24-12-13-26(30)27(31)19-24)25-11-7-14-33(21-25)28(34)18-23(20-32-2)17-22-9-5-4-6-10-22/h12-13,19,22-23,25,29,32H,3-11,14-18,20-21H2,1-2H3/t23-,25-,29+/m1/s1. The first-order valence-electron chi connectivity index (χ1n) is 14.1. The molecular weight excluding hydrogens is 462 g/mol. The lowest BCUT2D eigenvalue weighted by molar-refractivity contribution is -0.135. The number of rotatable bonds is 14. The van der Waals surface area contributed by atoms with Crippen molar-refractivity contribution in [3.05, 3.63) is 35.4 Å². The minimum Gasteiger partial charge on any atom is -0.382 e. The van der Waals surface area contributed by atoms with Gasteiger partial charge >= 0.3 is 0 Å². The first-order valence-corrected chi connectivity index (χ1v) is 14.1. The van der Waals surface area contributed by atoms with Crippen LogP contribution >= 0.6 is 0 Å². The van der Waals surface area contributed by atoms with Crippen LogP contribution in [0, 0.1) is 29.4 Å². The zero-order valence-electron chi connectivity index (χ0n) is 22.3. The quantitative estimate of drug-likeness (QED) is 0.319. The summed E-state index contributed by atoms with van der Waals surface area (Å²) in [6.07, 6.45) is 10.4. The highest BCUT2D eigenvalue weighted by atomic mass is 19.2. The lowest BCUT2D eigenvalue weighted by atomic mass is 9.81. The molecule has 1 aliphatic heterocycles. The molecule has 36 heavy (non-hydrogen) atoms. The molecule has 204 valence electrons. The van der Waals surface area contributed by atoms with Crippen LogP contribution in [0.15, 0.2) is 18.2 Å². The maximum absolute atomic E-state index is 14.1. The zero-order chi connectivity index (χ0) is 25.8. The largest absolute Gasteiger partial charge is 0.382 e.